The molecule has 3 aromatic carbocycles. The molecule has 3 unspecified atom stereocenters. The summed E-state index contributed by atoms with van der Waals surface area (Å²) in [4.78, 5) is 140. The average Bonchev–Trinajstić information content (AvgIpc) is 1.65. The zero-order valence-corrected chi connectivity index (χ0v) is 64.8. The Kier molecular flexibility index (Phi) is 48.5. The van der Waals surface area contributed by atoms with Crippen LogP contribution in [0.1, 0.15) is 158 Å². The van der Waals surface area contributed by atoms with Crippen molar-refractivity contribution in [1.29, 1.82) is 0 Å². The maximum Gasteiger partial charge on any atom is 0.411 e. The molecule has 5 rings (SSSR count). The number of carboxylic acid groups (broad SMARTS) is 1. The van der Waals surface area contributed by atoms with Gasteiger partial charge in [-0.25, -0.2) is 14.4 Å². The standard InChI is InChI=1S/C27H43N3O7.C20H27N3O4.C12H22N2O6.C8H8N.C6H12O.C2H3F3O.H3N/c1-18(36-7)13-14-21(25(34)28-16-20-11-9-8-10-12-20)15-23(32)22(17-31)29-24(33)19(2)30(6)26(35)37-27(3,4)5;1-3-13(2)18(24)22-15-12-27-17-10-9-16(23(17)20(15)26)19(25)21-11-14-7-5-4-6-8-14;1-7(9(16)13-8(6-15)10(17)18)14(5)11(19)20-12(2,3)4;1-9-7-8-5-3-2-4-6-8;1-6(2)4-3-5-7;3-2(4,5)1-6;/h8-12,18-19,21-22,31H,13-17H2,1-7H3,(H,28,34)(H,29,33);4-8,13,15-17H,3,9-12H2,1-2H3,(H,21,25)(H,22,24);7-8,15H,6H2,1-5H3,(H,13,16)(H,17,18);1-6H,7H2;5-6H,3-4H2,1-2H3;6H,1H2;1H3/q;;;+1;;;/t18?,19-,21?,22-;13-,15+,16?,17+;7-,8-;;;;/m010..../s1. The summed E-state index contributed by atoms with van der Waals surface area (Å²) in [5.41, 5.74) is 1.65. The van der Waals surface area contributed by atoms with Crippen LogP contribution in [0.5, 0.6) is 0 Å². The van der Waals surface area contributed by atoms with Gasteiger partial charge in [-0.3, -0.25) is 43.4 Å². The summed E-state index contributed by atoms with van der Waals surface area (Å²) < 4.78 is 53.0. The molecular weight excluding hydrogens is 1400 g/mol. The summed E-state index contributed by atoms with van der Waals surface area (Å²) in [5.74, 6) is -4.19. The highest BCUT2D eigenvalue weighted by Crippen LogP contribution is 2.30. The Labute approximate surface area is 627 Å². The molecule has 0 spiro atoms. The van der Waals surface area contributed by atoms with Crippen LogP contribution in [-0.2, 0) is 81.7 Å². The normalized spacial score (nSPS) is 16.1. The second-order valence-corrected chi connectivity index (χ2v) is 27.5. The number of ketones is 1. The molecule has 3 aromatic rings. The van der Waals surface area contributed by atoms with E-state index < -0.39 is 115 Å². The van der Waals surface area contributed by atoms with E-state index in [9.17, 15) is 71.0 Å². The molecule has 602 valence electrons. The number of amides is 8. The molecule has 107 heavy (non-hydrogen) atoms. The molecule has 0 aliphatic carbocycles. The fourth-order valence-corrected chi connectivity index (χ4v) is 9.08. The van der Waals surface area contributed by atoms with Gasteiger partial charge < -0.3 is 81.8 Å². The number of aliphatic carboxylic acids is 1. The minimum atomic E-state index is -4.40. The summed E-state index contributed by atoms with van der Waals surface area (Å²) in [7, 11) is 4.36. The number of halogens is 3. The molecule has 0 bridgehead atoms. The van der Waals surface area contributed by atoms with Crippen LogP contribution in [0.15, 0.2) is 91.0 Å². The number of carboxylic acids is 1. The van der Waals surface area contributed by atoms with Gasteiger partial charge in [0.05, 0.1) is 25.9 Å². The number of benzene rings is 3. The lowest BCUT2D eigenvalue weighted by Gasteiger charge is -2.37. The largest absolute Gasteiger partial charge is 0.480 e. The van der Waals surface area contributed by atoms with Gasteiger partial charge in [0.15, 0.2) is 5.78 Å². The van der Waals surface area contributed by atoms with Gasteiger partial charge in [-0.15, -0.1) is 0 Å². The van der Waals surface area contributed by atoms with Gasteiger partial charge in [-0.05, 0) is 118 Å². The Morgan fingerprint density at radius 2 is 1.13 bits per heavy atom. The van der Waals surface area contributed by atoms with Crippen molar-refractivity contribution >= 4 is 65.7 Å². The minimum Gasteiger partial charge on any atom is -0.480 e. The molecule has 0 aromatic heterocycles. The lowest BCUT2D eigenvalue weighted by molar-refractivity contribution is -0.167. The van der Waals surface area contributed by atoms with Crippen LogP contribution >= 0.6 is 0 Å². The number of ether oxygens (including phenoxy) is 4. The number of rotatable bonds is 29. The molecule has 0 radical (unpaired) electrons. The Balaban J connectivity index is 0. The summed E-state index contributed by atoms with van der Waals surface area (Å²) in [6.07, 6.45) is -0.889. The van der Waals surface area contributed by atoms with E-state index in [1.807, 2.05) is 112 Å². The number of hydrogen-bond acceptors (Lipinski definition) is 19. The van der Waals surface area contributed by atoms with Gasteiger partial charge in [0.25, 0.3) is 13.1 Å². The highest BCUT2D eigenvalue weighted by Gasteiger charge is 2.47. The number of hydrogen-bond donors (Lipinski definition) is 10. The highest BCUT2D eigenvalue weighted by atomic mass is 19.4. The summed E-state index contributed by atoms with van der Waals surface area (Å²) in [5, 5.41) is 47.8. The van der Waals surface area contributed by atoms with Crippen LogP contribution in [0.2, 0.25) is 0 Å². The van der Waals surface area contributed by atoms with Crippen molar-refractivity contribution < 1.29 is 105 Å². The molecule has 2 fully saturated rings. The number of fused-ring (bicyclic) bond motifs is 1. The van der Waals surface area contributed by atoms with E-state index in [0.29, 0.717) is 57.7 Å². The number of alkyl halides is 3. The Morgan fingerprint density at radius 3 is 1.51 bits per heavy atom. The highest BCUT2D eigenvalue weighted by molar-refractivity contribution is 5.95. The molecule has 32 heteroatoms. The van der Waals surface area contributed by atoms with E-state index in [-0.39, 0.29) is 61.1 Å². The van der Waals surface area contributed by atoms with E-state index >= 15 is 0 Å². The van der Waals surface area contributed by atoms with E-state index in [1.165, 1.54) is 32.8 Å². The number of aliphatic hydroxyl groups is 3. The van der Waals surface area contributed by atoms with Crippen molar-refractivity contribution in [2.45, 2.75) is 227 Å². The van der Waals surface area contributed by atoms with Crippen molar-refractivity contribution in [3.63, 3.8) is 0 Å². The smallest absolute Gasteiger partial charge is 0.411 e. The number of aliphatic hydroxyl groups excluding tert-OH is 3. The maximum absolute atomic E-state index is 13.0. The molecule has 29 nitrogen and oxygen atoms in total. The third kappa shape index (κ3) is 42.1. The second-order valence-electron chi connectivity index (χ2n) is 27.5. The van der Waals surface area contributed by atoms with Gasteiger partial charge in [0, 0.05) is 64.5 Å². The van der Waals surface area contributed by atoms with Gasteiger partial charge in [-0.1, -0.05) is 124 Å². The number of aldehydes is 1. The zero-order chi connectivity index (χ0) is 81.1. The summed E-state index contributed by atoms with van der Waals surface area (Å²) in [6, 6.07) is 23.1. The molecule has 12 N–H and O–H groups in total. The fourth-order valence-electron chi connectivity index (χ4n) is 9.08. The van der Waals surface area contributed by atoms with Gasteiger partial charge in [0.2, 0.25) is 35.4 Å². The Morgan fingerprint density at radius 1 is 0.682 bits per heavy atom. The molecule has 2 aliphatic heterocycles. The number of carbonyl (C=O) groups is 11. The average molecular weight is 1520 g/mol. The second kappa shape index (κ2) is 52.0. The predicted octanol–water partition coefficient (Wildman–Crippen LogP) is 7.88. The third-order valence-corrected chi connectivity index (χ3v) is 15.9. The number of methoxy groups -OCH3 is 1. The van der Waals surface area contributed by atoms with Crippen molar-refractivity contribution in [3.8, 4) is 6.57 Å². The number of nitrogens with zero attached hydrogens (tertiary/aromatic N) is 4. The van der Waals surface area contributed by atoms with Gasteiger partial charge in [0.1, 0.15) is 66.6 Å². The van der Waals surface area contributed by atoms with Crippen molar-refractivity contribution in [3.05, 3.63) is 113 Å². The van der Waals surface area contributed by atoms with Crippen LogP contribution in [-0.4, -0.2) is 214 Å². The van der Waals surface area contributed by atoms with E-state index in [0.717, 1.165) is 45.6 Å². The van der Waals surface area contributed by atoms with E-state index in [2.05, 4.69) is 45.3 Å². The van der Waals surface area contributed by atoms with E-state index in [4.69, 9.17) is 40.8 Å². The van der Waals surface area contributed by atoms with Crippen molar-refractivity contribution in [1.82, 2.24) is 47.4 Å². The summed E-state index contributed by atoms with van der Waals surface area (Å²) in [6.45, 7) is 26.4. The predicted molar refractivity (Wildman–Crippen MR) is 396 cm³/mol. The molecule has 8 amide bonds. The first-order valence-electron chi connectivity index (χ1n) is 35.0. The zero-order valence-electron chi connectivity index (χ0n) is 64.8. The lowest BCUT2D eigenvalue weighted by atomic mass is 9.92. The molecule has 2 heterocycles. The molecule has 2 aliphatic rings. The topological polar surface area (TPSA) is 415 Å². The summed E-state index contributed by atoms with van der Waals surface area (Å²) >= 11 is 0. The van der Waals surface area contributed by atoms with Gasteiger partial charge in [-0.2, -0.15) is 13.2 Å². The molecule has 2 saturated heterocycles. The van der Waals surface area contributed by atoms with Crippen LogP contribution in [0.25, 0.3) is 4.85 Å². The maximum atomic E-state index is 13.0. The Hall–Kier alpha value is -9.13. The first-order valence-corrected chi connectivity index (χ1v) is 35.0. The number of nitrogens with one attached hydrogen (secondary N) is 5. The van der Waals surface area contributed by atoms with Crippen molar-refractivity contribution in [2.75, 3.05) is 47.6 Å². The van der Waals surface area contributed by atoms with Crippen molar-refractivity contribution in [2.24, 2.45) is 17.8 Å². The van der Waals surface area contributed by atoms with Gasteiger partial charge >= 0.3 is 24.3 Å². The van der Waals surface area contributed by atoms with Crippen LogP contribution < -0.4 is 32.7 Å². The number of carbonyl (C=O) groups excluding carboxylic acids is 10. The first kappa shape index (κ1) is 99.9. The lowest BCUT2D eigenvalue weighted by Crippen LogP contribution is -2.61. The quantitative estimate of drug-likeness (QED) is 0.0295. The number of Topliss-reactive ketones (excluding diaryl/α,β-unsaturated/α-hetero) is 1. The van der Waals surface area contributed by atoms with Crippen LogP contribution in [0.3, 0.4) is 0 Å². The Bertz CT molecular complexity index is 3190. The molecule has 0 saturated carbocycles. The molecular formula is C75H118F3N10O19+. The van der Waals surface area contributed by atoms with E-state index in [1.54, 1.807) is 48.7 Å². The van der Waals surface area contributed by atoms with Crippen LogP contribution in [0.4, 0.5) is 22.8 Å². The minimum absolute atomic E-state index is 0. The monoisotopic (exact) mass is 1520 g/mol. The SMILES string of the molecule is C#[N+]Cc1ccccc1.CC(C)CCC=O.CC[C@@H](C)C(=O)N[C@H]1CO[C@H]2CCC(C(=O)NCc3ccccc3)N2C1=O.COC(C)CCC(CC(=O)[C@H](CO)NC(=O)[C@H](C)N(C)C(=O)OC(C)(C)C)C(=O)NCc1ccccc1.C[C@@H](C(=O)N[C@@H](CO)C(=O)O)N(C)C(=O)OC(C)(C)C.N.OCC(F)(F)F. The van der Waals surface area contributed by atoms with Crippen LogP contribution in [0, 0.1) is 24.3 Å². The number of likely N-dealkylation sites (N-methyl/N-ethyl adjacent to an activating group) is 2. The molecule has 10 atom stereocenters. The fraction of sp³-hybridized carbons (Fsp3) is 0.600. The first-order chi connectivity index (χ1) is 49.5. The third-order valence-electron chi connectivity index (χ3n) is 15.9.